The maximum absolute atomic E-state index is 11.1. The zero-order valence-electron chi connectivity index (χ0n) is 10.8. The minimum absolute atomic E-state index is 0.153. The Hall–Kier alpha value is -2.04. The third-order valence-corrected chi connectivity index (χ3v) is 2.45. The van der Waals surface area contributed by atoms with Gasteiger partial charge in [-0.3, -0.25) is 9.59 Å². The summed E-state index contributed by atoms with van der Waals surface area (Å²) in [4.78, 5) is 22.2. The first-order valence-corrected chi connectivity index (χ1v) is 5.58. The van der Waals surface area contributed by atoms with Gasteiger partial charge in [0.1, 0.15) is 5.75 Å². The monoisotopic (exact) mass is 251 g/mol. The molecule has 1 rings (SSSR count). The fourth-order valence-electron chi connectivity index (χ4n) is 1.55. The normalized spacial score (nSPS) is 9.72. The predicted molar refractivity (Wildman–Crippen MR) is 67.6 cm³/mol. The summed E-state index contributed by atoms with van der Waals surface area (Å²) in [6.45, 7) is 1.44. The van der Waals surface area contributed by atoms with Crippen molar-refractivity contribution in [1.82, 2.24) is 0 Å². The van der Waals surface area contributed by atoms with Gasteiger partial charge in [0.2, 0.25) is 5.91 Å². The fraction of sp³-hybridized carbons (Fsp3) is 0.385. The summed E-state index contributed by atoms with van der Waals surface area (Å²) in [7, 11) is 2.92. The number of ether oxygens (including phenoxy) is 2. The molecule has 1 N–H and O–H groups in total. The Morgan fingerprint density at radius 2 is 2.00 bits per heavy atom. The van der Waals surface area contributed by atoms with Gasteiger partial charge in [0, 0.05) is 19.0 Å². The second-order valence-electron chi connectivity index (χ2n) is 3.78. The lowest BCUT2D eigenvalue weighted by Gasteiger charge is -2.11. The molecule has 0 aliphatic heterocycles. The molecule has 0 aromatic heterocycles. The molecule has 0 aliphatic carbocycles. The molecule has 0 saturated heterocycles. The van der Waals surface area contributed by atoms with Crippen molar-refractivity contribution in [3.8, 4) is 5.75 Å². The largest absolute Gasteiger partial charge is 0.497 e. The zero-order chi connectivity index (χ0) is 13.5. The van der Waals surface area contributed by atoms with Crippen LogP contribution in [0.5, 0.6) is 5.75 Å². The maximum Gasteiger partial charge on any atom is 0.305 e. The van der Waals surface area contributed by atoms with E-state index in [1.807, 2.05) is 0 Å². The molecule has 98 valence electrons. The van der Waals surface area contributed by atoms with Crippen LogP contribution in [0, 0.1) is 0 Å². The van der Waals surface area contributed by atoms with Crippen LogP contribution < -0.4 is 10.1 Å². The molecule has 0 aliphatic rings. The van der Waals surface area contributed by atoms with Crippen LogP contribution >= 0.6 is 0 Å². The van der Waals surface area contributed by atoms with Gasteiger partial charge < -0.3 is 14.8 Å². The van der Waals surface area contributed by atoms with Crippen LogP contribution in [0.15, 0.2) is 18.2 Å². The lowest BCUT2D eigenvalue weighted by molar-refractivity contribution is -0.140. The van der Waals surface area contributed by atoms with Gasteiger partial charge in [0.05, 0.1) is 14.2 Å². The van der Waals surface area contributed by atoms with Crippen LogP contribution in [0.2, 0.25) is 0 Å². The van der Waals surface area contributed by atoms with E-state index in [9.17, 15) is 9.59 Å². The van der Waals surface area contributed by atoms with Crippen molar-refractivity contribution in [3.05, 3.63) is 23.8 Å². The molecule has 1 aromatic carbocycles. The van der Waals surface area contributed by atoms with E-state index in [-0.39, 0.29) is 18.3 Å². The predicted octanol–water partition coefficient (Wildman–Crippen LogP) is 1.76. The molecular weight excluding hydrogens is 234 g/mol. The standard InChI is InChI=1S/C13H17NO4/c1-9(15)14-12-6-5-11(17-2)8-10(12)4-7-13(16)18-3/h5-6,8H,4,7H2,1-3H3,(H,14,15). The average molecular weight is 251 g/mol. The quantitative estimate of drug-likeness (QED) is 0.810. The van der Waals surface area contributed by atoms with E-state index < -0.39 is 0 Å². The van der Waals surface area contributed by atoms with Crippen LogP contribution in [0.4, 0.5) is 5.69 Å². The van der Waals surface area contributed by atoms with Crippen molar-refractivity contribution in [1.29, 1.82) is 0 Å². The van der Waals surface area contributed by atoms with Gasteiger partial charge in [-0.05, 0) is 30.2 Å². The molecule has 0 fully saturated rings. The summed E-state index contributed by atoms with van der Waals surface area (Å²) >= 11 is 0. The Morgan fingerprint density at radius 1 is 1.28 bits per heavy atom. The third-order valence-electron chi connectivity index (χ3n) is 2.45. The van der Waals surface area contributed by atoms with Crippen LogP contribution in [-0.4, -0.2) is 26.1 Å². The van der Waals surface area contributed by atoms with Gasteiger partial charge in [0.15, 0.2) is 0 Å². The minimum atomic E-state index is -0.286. The number of methoxy groups -OCH3 is 2. The van der Waals surface area contributed by atoms with Crippen molar-refractivity contribution in [2.45, 2.75) is 19.8 Å². The smallest absolute Gasteiger partial charge is 0.305 e. The van der Waals surface area contributed by atoms with Crippen molar-refractivity contribution >= 4 is 17.6 Å². The van der Waals surface area contributed by atoms with E-state index in [1.54, 1.807) is 25.3 Å². The van der Waals surface area contributed by atoms with E-state index >= 15 is 0 Å². The molecule has 0 atom stereocenters. The van der Waals surface area contributed by atoms with Gasteiger partial charge in [0.25, 0.3) is 0 Å². The minimum Gasteiger partial charge on any atom is -0.497 e. The highest BCUT2D eigenvalue weighted by molar-refractivity contribution is 5.89. The van der Waals surface area contributed by atoms with Gasteiger partial charge in [-0.25, -0.2) is 0 Å². The second-order valence-corrected chi connectivity index (χ2v) is 3.78. The zero-order valence-corrected chi connectivity index (χ0v) is 10.8. The molecule has 0 saturated carbocycles. The highest BCUT2D eigenvalue weighted by Crippen LogP contribution is 2.23. The lowest BCUT2D eigenvalue weighted by Crippen LogP contribution is -2.09. The van der Waals surface area contributed by atoms with Crippen molar-refractivity contribution in [3.63, 3.8) is 0 Å². The van der Waals surface area contributed by atoms with Crippen LogP contribution in [-0.2, 0) is 20.7 Å². The third kappa shape index (κ3) is 4.08. The van der Waals surface area contributed by atoms with Gasteiger partial charge >= 0.3 is 5.97 Å². The Bertz CT molecular complexity index is 443. The molecule has 18 heavy (non-hydrogen) atoms. The molecular formula is C13H17NO4. The average Bonchev–Trinajstić information content (AvgIpc) is 2.36. The van der Waals surface area contributed by atoms with Crippen molar-refractivity contribution in [2.75, 3.05) is 19.5 Å². The number of anilines is 1. The Labute approximate surface area is 106 Å². The van der Waals surface area contributed by atoms with E-state index in [4.69, 9.17) is 4.74 Å². The first-order chi connectivity index (χ1) is 8.56. The summed E-state index contributed by atoms with van der Waals surface area (Å²) in [5.74, 6) is 0.245. The van der Waals surface area contributed by atoms with E-state index in [2.05, 4.69) is 10.1 Å². The van der Waals surface area contributed by atoms with Gasteiger partial charge in [-0.15, -0.1) is 0 Å². The molecule has 0 spiro atoms. The van der Waals surface area contributed by atoms with Gasteiger partial charge in [-0.2, -0.15) is 0 Å². The molecule has 1 amide bonds. The number of nitrogens with one attached hydrogen (secondary N) is 1. The second kappa shape index (κ2) is 6.64. The van der Waals surface area contributed by atoms with Crippen LogP contribution in [0.3, 0.4) is 0 Å². The highest BCUT2D eigenvalue weighted by Gasteiger charge is 2.08. The molecule has 0 heterocycles. The van der Waals surface area contributed by atoms with Crippen LogP contribution in [0.25, 0.3) is 0 Å². The lowest BCUT2D eigenvalue weighted by atomic mass is 10.1. The Balaban J connectivity index is 2.88. The number of hydrogen-bond acceptors (Lipinski definition) is 4. The van der Waals surface area contributed by atoms with Crippen LogP contribution in [0.1, 0.15) is 18.9 Å². The first kappa shape index (κ1) is 14.0. The number of benzene rings is 1. The summed E-state index contributed by atoms with van der Waals surface area (Å²) < 4.78 is 9.71. The highest BCUT2D eigenvalue weighted by atomic mass is 16.5. The Kier molecular flexibility index (Phi) is 5.17. The van der Waals surface area contributed by atoms with E-state index in [0.717, 1.165) is 5.56 Å². The number of aryl methyl sites for hydroxylation is 1. The number of hydrogen-bond donors (Lipinski definition) is 1. The Morgan fingerprint density at radius 3 is 2.56 bits per heavy atom. The molecule has 5 heteroatoms. The summed E-state index contributed by atoms with van der Waals surface area (Å²) in [5.41, 5.74) is 1.53. The van der Waals surface area contributed by atoms with Crippen molar-refractivity contribution < 1.29 is 19.1 Å². The maximum atomic E-state index is 11.1. The molecule has 5 nitrogen and oxygen atoms in total. The summed E-state index contributed by atoms with van der Waals surface area (Å²) in [5, 5.41) is 2.72. The summed E-state index contributed by atoms with van der Waals surface area (Å²) in [6, 6.07) is 5.31. The van der Waals surface area contributed by atoms with E-state index in [1.165, 1.54) is 14.0 Å². The number of carbonyl (C=O) groups is 2. The molecule has 0 unspecified atom stereocenters. The molecule has 0 radical (unpaired) electrons. The molecule has 0 bridgehead atoms. The number of rotatable bonds is 5. The fourth-order valence-corrected chi connectivity index (χ4v) is 1.55. The first-order valence-electron chi connectivity index (χ1n) is 5.58. The van der Waals surface area contributed by atoms with E-state index in [0.29, 0.717) is 17.9 Å². The topological polar surface area (TPSA) is 64.6 Å². The number of esters is 1. The SMILES string of the molecule is COC(=O)CCc1cc(OC)ccc1NC(C)=O. The van der Waals surface area contributed by atoms with Crippen molar-refractivity contribution in [2.24, 2.45) is 0 Å². The van der Waals surface area contributed by atoms with Gasteiger partial charge in [-0.1, -0.05) is 0 Å². The summed E-state index contributed by atoms with van der Waals surface area (Å²) in [6.07, 6.45) is 0.746. The number of amides is 1. The number of carbonyl (C=O) groups excluding carboxylic acids is 2. The molecule has 1 aromatic rings.